The summed E-state index contributed by atoms with van der Waals surface area (Å²) >= 11 is 0. The van der Waals surface area contributed by atoms with Crippen LogP contribution in [0.25, 0.3) is 0 Å². The Morgan fingerprint density at radius 1 is 1.12 bits per heavy atom. The van der Waals surface area contributed by atoms with Crippen LogP contribution in [0.15, 0.2) is 18.2 Å². The number of carbonyl (C=O) groups is 2. The Balaban J connectivity index is 1.50. The molecule has 3 atom stereocenters. The van der Waals surface area contributed by atoms with Crippen molar-refractivity contribution >= 4 is 11.8 Å². The minimum atomic E-state index is -0.586. The Morgan fingerprint density at radius 3 is 2.71 bits per heavy atom. The first-order chi connectivity index (χ1) is 11.5. The predicted molar refractivity (Wildman–Crippen MR) is 85.9 cm³/mol. The quantitative estimate of drug-likeness (QED) is 0.782. The molecule has 3 aliphatic heterocycles. The van der Waals surface area contributed by atoms with Gasteiger partial charge in [0.2, 0.25) is 11.8 Å². The zero-order valence-corrected chi connectivity index (χ0v) is 13.8. The van der Waals surface area contributed by atoms with Crippen LogP contribution in [0.2, 0.25) is 0 Å². The molecule has 0 unspecified atom stereocenters. The first-order valence-corrected chi connectivity index (χ1v) is 8.47. The van der Waals surface area contributed by atoms with Gasteiger partial charge in [-0.3, -0.25) is 19.5 Å². The maximum atomic E-state index is 12.8. The molecule has 3 fully saturated rings. The number of pyridine rings is 1. The molecule has 0 spiro atoms. The molecule has 1 aromatic rings. The van der Waals surface area contributed by atoms with E-state index in [9.17, 15) is 14.7 Å². The molecule has 3 saturated heterocycles. The van der Waals surface area contributed by atoms with Crippen LogP contribution in [0.1, 0.15) is 17.8 Å². The van der Waals surface area contributed by atoms with Gasteiger partial charge in [-0.1, -0.05) is 6.07 Å². The lowest BCUT2D eigenvalue weighted by Crippen LogP contribution is -2.68. The normalized spacial score (nSPS) is 30.5. The van der Waals surface area contributed by atoms with Crippen LogP contribution in [0, 0.1) is 6.92 Å². The molecular formula is C17H22N4O3. The molecule has 1 N–H and O–H groups in total. The van der Waals surface area contributed by atoms with Gasteiger partial charge in [0.1, 0.15) is 12.1 Å². The first kappa shape index (κ1) is 15.5. The third-order valence-corrected chi connectivity index (χ3v) is 5.21. The number of nitrogens with zero attached hydrogens (tertiary/aromatic N) is 4. The third kappa shape index (κ3) is 2.57. The van der Waals surface area contributed by atoms with Crippen LogP contribution in [-0.4, -0.2) is 81.0 Å². The number of amides is 2. The van der Waals surface area contributed by atoms with Crippen LogP contribution < -0.4 is 0 Å². The lowest BCUT2D eigenvalue weighted by Gasteiger charge is -2.47. The van der Waals surface area contributed by atoms with Gasteiger partial charge in [0.15, 0.2) is 0 Å². The van der Waals surface area contributed by atoms with Crippen molar-refractivity contribution in [2.45, 2.75) is 38.1 Å². The van der Waals surface area contributed by atoms with Crippen molar-refractivity contribution in [2.75, 3.05) is 26.2 Å². The van der Waals surface area contributed by atoms with E-state index in [0.717, 1.165) is 17.9 Å². The molecule has 0 aromatic carbocycles. The monoisotopic (exact) mass is 330 g/mol. The van der Waals surface area contributed by atoms with E-state index in [1.807, 2.05) is 25.1 Å². The van der Waals surface area contributed by atoms with Gasteiger partial charge >= 0.3 is 0 Å². The van der Waals surface area contributed by atoms with Gasteiger partial charge in [0.05, 0.1) is 11.8 Å². The van der Waals surface area contributed by atoms with E-state index in [2.05, 4.69) is 9.88 Å². The molecule has 7 nitrogen and oxygen atoms in total. The number of carbonyl (C=O) groups excluding carboxylic acids is 2. The fourth-order valence-corrected chi connectivity index (χ4v) is 4.05. The van der Waals surface area contributed by atoms with Crippen LogP contribution in [-0.2, 0) is 16.1 Å². The summed E-state index contributed by atoms with van der Waals surface area (Å²) in [6.45, 7) is 4.74. The molecule has 4 rings (SSSR count). The summed E-state index contributed by atoms with van der Waals surface area (Å²) in [7, 11) is 0. The Hall–Kier alpha value is -1.99. The van der Waals surface area contributed by atoms with Crippen LogP contribution in [0.5, 0.6) is 0 Å². The molecule has 3 aliphatic rings. The largest absolute Gasteiger partial charge is 0.391 e. The number of piperazine rings is 2. The molecule has 0 bridgehead atoms. The molecule has 1 aromatic heterocycles. The first-order valence-electron chi connectivity index (χ1n) is 8.47. The fraction of sp³-hybridized carbons (Fsp3) is 0.588. The van der Waals surface area contributed by atoms with Gasteiger partial charge in [0.25, 0.3) is 0 Å². The summed E-state index contributed by atoms with van der Waals surface area (Å²) in [5, 5.41) is 9.82. The average Bonchev–Trinajstić information content (AvgIpc) is 2.95. The number of hydrogen-bond acceptors (Lipinski definition) is 5. The predicted octanol–water partition coefficient (Wildman–Crippen LogP) is -0.622. The molecule has 24 heavy (non-hydrogen) atoms. The second kappa shape index (κ2) is 5.82. The van der Waals surface area contributed by atoms with E-state index in [4.69, 9.17) is 0 Å². The summed E-state index contributed by atoms with van der Waals surface area (Å²) in [6.07, 6.45) is -0.220. The molecule has 2 amide bonds. The maximum absolute atomic E-state index is 12.8. The summed E-state index contributed by atoms with van der Waals surface area (Å²) < 4.78 is 0. The number of aromatic nitrogens is 1. The number of aliphatic hydroxyl groups is 1. The van der Waals surface area contributed by atoms with Crippen LogP contribution >= 0.6 is 0 Å². The van der Waals surface area contributed by atoms with Gasteiger partial charge in [-0.05, 0) is 19.1 Å². The lowest BCUT2D eigenvalue weighted by atomic mass is 10.0. The minimum Gasteiger partial charge on any atom is -0.391 e. The Kier molecular flexibility index (Phi) is 3.77. The fourth-order valence-electron chi connectivity index (χ4n) is 4.05. The van der Waals surface area contributed by atoms with Crippen molar-refractivity contribution in [1.29, 1.82) is 0 Å². The van der Waals surface area contributed by atoms with Gasteiger partial charge in [-0.2, -0.15) is 0 Å². The summed E-state index contributed by atoms with van der Waals surface area (Å²) in [5.74, 6) is -0.0393. The second-order valence-electron chi connectivity index (χ2n) is 6.95. The van der Waals surface area contributed by atoms with Crippen molar-refractivity contribution < 1.29 is 14.7 Å². The standard InChI is InChI=1S/C17H22N4O3/c1-11-3-2-4-12(18-11)8-19-5-6-20-15(10-19)17(24)21-9-13(22)7-14(21)16(20)23/h2-4,13-15,22H,5-10H2,1H3/t13-,14+,15-/m1/s1. The Labute approximate surface area is 140 Å². The van der Waals surface area contributed by atoms with Crippen molar-refractivity contribution in [1.82, 2.24) is 19.7 Å². The maximum Gasteiger partial charge on any atom is 0.247 e. The molecular weight excluding hydrogens is 308 g/mol. The van der Waals surface area contributed by atoms with Gasteiger partial charge < -0.3 is 14.9 Å². The van der Waals surface area contributed by atoms with Crippen LogP contribution in [0.4, 0.5) is 0 Å². The van der Waals surface area contributed by atoms with Crippen molar-refractivity contribution in [3.8, 4) is 0 Å². The topological polar surface area (TPSA) is 77.0 Å². The van der Waals surface area contributed by atoms with Crippen LogP contribution in [0.3, 0.4) is 0 Å². The minimum absolute atomic E-state index is 0.00974. The van der Waals surface area contributed by atoms with E-state index in [-0.39, 0.29) is 18.4 Å². The summed E-state index contributed by atoms with van der Waals surface area (Å²) in [5.41, 5.74) is 1.96. The summed E-state index contributed by atoms with van der Waals surface area (Å²) in [4.78, 5) is 35.4. The number of aliphatic hydroxyl groups excluding tert-OH is 1. The van der Waals surface area contributed by atoms with E-state index < -0.39 is 18.2 Å². The van der Waals surface area contributed by atoms with Crippen molar-refractivity contribution in [3.05, 3.63) is 29.6 Å². The number of hydrogen-bond donors (Lipinski definition) is 1. The smallest absolute Gasteiger partial charge is 0.247 e. The highest BCUT2D eigenvalue weighted by atomic mass is 16.3. The molecule has 0 aliphatic carbocycles. The molecule has 128 valence electrons. The number of rotatable bonds is 2. The zero-order chi connectivity index (χ0) is 16.8. The van der Waals surface area contributed by atoms with Crippen molar-refractivity contribution in [2.24, 2.45) is 0 Å². The second-order valence-corrected chi connectivity index (χ2v) is 6.95. The average molecular weight is 330 g/mol. The molecule has 7 heteroatoms. The van der Waals surface area contributed by atoms with Gasteiger partial charge in [-0.25, -0.2) is 0 Å². The third-order valence-electron chi connectivity index (χ3n) is 5.21. The molecule has 0 radical (unpaired) electrons. The lowest BCUT2D eigenvalue weighted by molar-refractivity contribution is -0.163. The summed E-state index contributed by atoms with van der Waals surface area (Å²) in [6, 6.07) is 5.04. The Bertz CT molecular complexity index is 680. The SMILES string of the molecule is Cc1cccc(CN2CCN3C(=O)[C@@H]4C[C@@H](O)CN4C(=O)[C@H]3C2)n1. The van der Waals surface area contributed by atoms with Gasteiger partial charge in [-0.15, -0.1) is 0 Å². The Morgan fingerprint density at radius 2 is 1.92 bits per heavy atom. The van der Waals surface area contributed by atoms with E-state index in [1.165, 1.54) is 0 Å². The highest BCUT2D eigenvalue weighted by molar-refractivity contribution is 5.97. The van der Waals surface area contributed by atoms with E-state index in [0.29, 0.717) is 26.1 Å². The molecule has 0 saturated carbocycles. The van der Waals surface area contributed by atoms with E-state index >= 15 is 0 Å². The highest BCUT2D eigenvalue weighted by Crippen LogP contribution is 2.29. The molecule has 4 heterocycles. The van der Waals surface area contributed by atoms with Gasteiger partial charge in [0, 0.05) is 44.8 Å². The number of fused-ring (bicyclic) bond motifs is 2. The highest BCUT2D eigenvalue weighted by Gasteiger charge is 2.51. The van der Waals surface area contributed by atoms with Crippen molar-refractivity contribution in [3.63, 3.8) is 0 Å². The number of aryl methyl sites for hydroxylation is 1. The van der Waals surface area contributed by atoms with E-state index in [1.54, 1.807) is 9.80 Å². The zero-order valence-electron chi connectivity index (χ0n) is 13.8.